The van der Waals surface area contributed by atoms with Crippen LogP contribution >= 0.6 is 0 Å². The lowest BCUT2D eigenvalue weighted by Crippen LogP contribution is -2.38. The Morgan fingerprint density at radius 2 is 1.59 bits per heavy atom. The SMILES string of the molecule is CC1CC2CC(C1)CC(C)(c1ccc(NC(=O)c3cccc(N(C)c4ccccc4C(=O)O)c3)cc1)C2. The number of nitrogens with one attached hydrogen (secondary N) is 1. The fourth-order valence-electron chi connectivity index (χ4n) is 6.93. The lowest BCUT2D eigenvalue weighted by atomic mass is 9.57. The first-order valence-electron chi connectivity index (χ1n) is 13.3. The first-order valence-corrected chi connectivity index (χ1v) is 13.3. The third-order valence-electron chi connectivity index (χ3n) is 8.45. The molecule has 2 unspecified atom stereocenters. The minimum Gasteiger partial charge on any atom is -0.478 e. The molecule has 192 valence electrons. The molecule has 2 atom stereocenters. The summed E-state index contributed by atoms with van der Waals surface area (Å²) in [6, 6.07) is 22.5. The molecule has 0 radical (unpaired) electrons. The highest BCUT2D eigenvalue weighted by Gasteiger charge is 2.41. The summed E-state index contributed by atoms with van der Waals surface area (Å²) in [4.78, 5) is 26.5. The molecular formula is C32H36N2O3. The van der Waals surface area contributed by atoms with E-state index in [4.69, 9.17) is 0 Å². The predicted molar refractivity (Wildman–Crippen MR) is 149 cm³/mol. The fourth-order valence-corrected chi connectivity index (χ4v) is 6.93. The van der Waals surface area contributed by atoms with Crippen LogP contribution in [0, 0.1) is 17.8 Å². The van der Waals surface area contributed by atoms with Gasteiger partial charge in [0.1, 0.15) is 0 Å². The molecular weight excluding hydrogens is 460 g/mol. The van der Waals surface area contributed by atoms with E-state index in [9.17, 15) is 14.7 Å². The van der Waals surface area contributed by atoms with E-state index in [0.717, 1.165) is 29.1 Å². The zero-order valence-corrected chi connectivity index (χ0v) is 21.9. The Morgan fingerprint density at radius 3 is 2.27 bits per heavy atom. The third-order valence-corrected chi connectivity index (χ3v) is 8.45. The van der Waals surface area contributed by atoms with Crippen LogP contribution in [0.1, 0.15) is 72.2 Å². The number of aromatic carboxylic acids is 1. The quantitative estimate of drug-likeness (QED) is 0.370. The molecule has 2 saturated carbocycles. The third kappa shape index (κ3) is 5.27. The molecule has 2 fully saturated rings. The van der Waals surface area contributed by atoms with Crippen molar-refractivity contribution in [2.75, 3.05) is 17.3 Å². The molecule has 5 rings (SSSR count). The van der Waals surface area contributed by atoms with Crippen molar-refractivity contribution in [2.24, 2.45) is 17.8 Å². The number of hydrogen-bond donors (Lipinski definition) is 2. The highest BCUT2D eigenvalue weighted by Crippen LogP contribution is 2.51. The second kappa shape index (κ2) is 10.0. The normalized spacial score (nSPS) is 24.8. The van der Waals surface area contributed by atoms with Gasteiger partial charge in [0.15, 0.2) is 0 Å². The highest BCUT2D eigenvalue weighted by atomic mass is 16.4. The van der Waals surface area contributed by atoms with Crippen molar-refractivity contribution in [2.45, 2.75) is 51.4 Å². The molecule has 0 heterocycles. The maximum atomic E-state index is 13.1. The Hall–Kier alpha value is -3.60. The summed E-state index contributed by atoms with van der Waals surface area (Å²) in [5.41, 5.74) is 4.39. The van der Waals surface area contributed by atoms with E-state index >= 15 is 0 Å². The second-order valence-corrected chi connectivity index (χ2v) is 11.5. The first kappa shape index (κ1) is 25.1. The molecule has 0 spiro atoms. The van der Waals surface area contributed by atoms with Gasteiger partial charge >= 0.3 is 5.97 Å². The van der Waals surface area contributed by atoms with E-state index in [2.05, 4.69) is 31.3 Å². The number of hydrogen-bond acceptors (Lipinski definition) is 3. The summed E-state index contributed by atoms with van der Waals surface area (Å²) < 4.78 is 0. The number of carboxylic acids is 1. The molecule has 2 aliphatic rings. The summed E-state index contributed by atoms with van der Waals surface area (Å²) in [5.74, 6) is 1.34. The average Bonchev–Trinajstić information content (AvgIpc) is 2.88. The molecule has 1 amide bonds. The van der Waals surface area contributed by atoms with E-state index in [1.165, 1.54) is 37.7 Å². The molecule has 5 heteroatoms. The minimum atomic E-state index is -0.986. The Morgan fingerprint density at radius 1 is 0.919 bits per heavy atom. The van der Waals surface area contributed by atoms with E-state index in [1.807, 2.05) is 24.3 Å². The fraction of sp³-hybridized carbons (Fsp3) is 0.375. The maximum absolute atomic E-state index is 13.1. The monoisotopic (exact) mass is 496 g/mol. The lowest BCUT2D eigenvalue weighted by Gasteiger charge is -2.47. The summed E-state index contributed by atoms with van der Waals surface area (Å²) in [6.45, 7) is 4.82. The Bertz CT molecular complexity index is 1280. The van der Waals surface area contributed by atoms with Crippen LogP contribution in [0.3, 0.4) is 0 Å². The largest absolute Gasteiger partial charge is 0.478 e. The van der Waals surface area contributed by atoms with E-state index < -0.39 is 5.97 Å². The van der Waals surface area contributed by atoms with Crippen LogP contribution in [0.5, 0.6) is 0 Å². The van der Waals surface area contributed by atoms with Crippen LogP contribution in [-0.2, 0) is 5.41 Å². The summed E-state index contributed by atoms with van der Waals surface area (Å²) in [7, 11) is 1.80. The van der Waals surface area contributed by atoms with E-state index in [0.29, 0.717) is 11.3 Å². The Kier molecular flexibility index (Phi) is 6.80. The number of para-hydroxylation sites is 1. The van der Waals surface area contributed by atoms with Gasteiger partial charge in [0.2, 0.25) is 0 Å². The molecule has 2 aliphatic carbocycles. The number of carbonyl (C=O) groups excluding carboxylic acids is 1. The number of carboxylic acid groups (broad SMARTS) is 1. The van der Waals surface area contributed by atoms with Crippen molar-refractivity contribution in [3.05, 3.63) is 89.5 Å². The number of anilines is 3. The van der Waals surface area contributed by atoms with Crippen LogP contribution < -0.4 is 10.2 Å². The Balaban J connectivity index is 1.29. The summed E-state index contributed by atoms with van der Waals surface area (Å²) in [6.07, 6.45) is 6.62. The predicted octanol–water partition coefficient (Wildman–Crippen LogP) is 7.51. The van der Waals surface area contributed by atoms with Gasteiger partial charge in [-0.1, -0.05) is 44.2 Å². The number of fused-ring (bicyclic) bond motifs is 2. The highest BCUT2D eigenvalue weighted by molar-refractivity contribution is 6.05. The molecule has 2 bridgehead atoms. The average molecular weight is 497 g/mol. The molecule has 0 aliphatic heterocycles. The van der Waals surface area contributed by atoms with Crippen molar-refractivity contribution in [3.63, 3.8) is 0 Å². The summed E-state index contributed by atoms with van der Waals surface area (Å²) in [5, 5.41) is 12.6. The zero-order chi connectivity index (χ0) is 26.2. The second-order valence-electron chi connectivity index (χ2n) is 11.5. The van der Waals surface area contributed by atoms with Crippen molar-refractivity contribution in [1.82, 2.24) is 0 Å². The lowest BCUT2D eigenvalue weighted by molar-refractivity contribution is 0.0697. The number of benzene rings is 3. The van der Waals surface area contributed by atoms with Gasteiger partial charge in [0.05, 0.1) is 11.3 Å². The van der Waals surface area contributed by atoms with Crippen LogP contribution in [0.25, 0.3) is 0 Å². The topological polar surface area (TPSA) is 69.6 Å². The number of rotatable bonds is 6. The van der Waals surface area contributed by atoms with Crippen molar-refractivity contribution in [1.29, 1.82) is 0 Å². The molecule has 0 saturated heterocycles. The number of amides is 1. The van der Waals surface area contributed by atoms with E-state index in [1.54, 1.807) is 48.3 Å². The van der Waals surface area contributed by atoms with Gasteiger partial charge < -0.3 is 15.3 Å². The van der Waals surface area contributed by atoms with Gasteiger partial charge in [-0.25, -0.2) is 4.79 Å². The van der Waals surface area contributed by atoms with E-state index in [-0.39, 0.29) is 16.9 Å². The van der Waals surface area contributed by atoms with Gasteiger partial charge in [0, 0.05) is 24.0 Å². The van der Waals surface area contributed by atoms with Crippen molar-refractivity contribution >= 4 is 28.9 Å². The van der Waals surface area contributed by atoms with Crippen LogP contribution in [-0.4, -0.2) is 24.0 Å². The molecule has 0 aromatic heterocycles. The smallest absolute Gasteiger partial charge is 0.337 e. The molecule has 5 nitrogen and oxygen atoms in total. The van der Waals surface area contributed by atoms with Crippen LogP contribution in [0.4, 0.5) is 17.1 Å². The van der Waals surface area contributed by atoms with Gasteiger partial charge in [-0.3, -0.25) is 4.79 Å². The first-order chi connectivity index (χ1) is 17.7. The minimum absolute atomic E-state index is 0.193. The Labute approximate surface area is 219 Å². The number of nitrogens with zero attached hydrogens (tertiary/aromatic N) is 1. The van der Waals surface area contributed by atoms with Gasteiger partial charge in [-0.05, 0) is 103 Å². The van der Waals surface area contributed by atoms with Gasteiger partial charge in [-0.2, -0.15) is 0 Å². The van der Waals surface area contributed by atoms with Crippen molar-refractivity contribution < 1.29 is 14.7 Å². The van der Waals surface area contributed by atoms with Crippen LogP contribution in [0.15, 0.2) is 72.8 Å². The molecule has 3 aromatic rings. The van der Waals surface area contributed by atoms with Gasteiger partial charge in [0.25, 0.3) is 5.91 Å². The summed E-state index contributed by atoms with van der Waals surface area (Å²) >= 11 is 0. The molecule has 37 heavy (non-hydrogen) atoms. The van der Waals surface area contributed by atoms with Gasteiger partial charge in [-0.15, -0.1) is 0 Å². The maximum Gasteiger partial charge on any atom is 0.337 e. The van der Waals surface area contributed by atoms with Crippen molar-refractivity contribution in [3.8, 4) is 0 Å². The van der Waals surface area contributed by atoms with Crippen LogP contribution in [0.2, 0.25) is 0 Å². The molecule has 2 N–H and O–H groups in total. The number of carbonyl (C=O) groups is 2. The zero-order valence-electron chi connectivity index (χ0n) is 21.9. The standard InChI is InChI=1S/C32H36N2O3/c1-21-15-22-17-23(16-21)20-32(2,19-22)25-11-13-26(14-12-25)33-30(35)24-7-6-8-27(18-24)34(3)29-10-5-4-9-28(29)31(36)37/h4-14,18,21-23H,15-17,19-20H2,1-3H3,(H,33,35)(H,36,37). The molecule has 3 aromatic carbocycles.